The van der Waals surface area contributed by atoms with E-state index in [4.69, 9.17) is 40.8 Å². The van der Waals surface area contributed by atoms with Crippen molar-refractivity contribution in [2.24, 2.45) is 0 Å². The molecule has 9 nitrogen and oxygen atoms in total. The van der Waals surface area contributed by atoms with E-state index in [0.29, 0.717) is 6.61 Å². The van der Waals surface area contributed by atoms with Crippen LogP contribution in [0.25, 0.3) is 0 Å². The van der Waals surface area contributed by atoms with E-state index in [1.165, 1.54) is 0 Å². The third kappa shape index (κ3) is 11.4. The molecule has 200 valence electrons. The fraction of sp³-hybridized carbons (Fsp3) is 1.00. The quantitative estimate of drug-likeness (QED) is 0.201. The summed E-state index contributed by atoms with van der Waals surface area (Å²) in [5.74, 6) is 2.13. The second-order valence-electron chi connectivity index (χ2n) is 7.15. The van der Waals surface area contributed by atoms with E-state index in [2.05, 4.69) is 13.8 Å². The van der Waals surface area contributed by atoms with Gasteiger partial charge in [-0.05, 0) is 12.8 Å². The summed E-state index contributed by atoms with van der Waals surface area (Å²) in [5.41, 5.74) is -5.65. The van der Waals surface area contributed by atoms with Crippen LogP contribution in [-0.2, 0) is 49.2 Å². The molecule has 0 amide bonds. The zero-order chi connectivity index (χ0) is 25.7. The van der Waals surface area contributed by atoms with Gasteiger partial charge in [0, 0.05) is 28.4 Å². The Hall–Kier alpha value is -0.190. The Kier molecular flexibility index (Phi) is 16.4. The highest BCUT2D eigenvalue weighted by Crippen LogP contribution is 2.29. The van der Waals surface area contributed by atoms with Crippen LogP contribution in [0, 0.1) is 0 Å². The predicted octanol–water partition coefficient (Wildman–Crippen LogP) is 2.60. The molecule has 1 rings (SSSR count). The molecular weight excluding hydrogens is 493 g/mol. The average molecular weight is 531 g/mol. The second kappa shape index (κ2) is 16.5. The first-order valence-corrected chi connectivity index (χ1v) is 13.4. The smallest absolute Gasteiger partial charge is 0.485 e. The van der Waals surface area contributed by atoms with Crippen LogP contribution in [0.1, 0.15) is 39.5 Å². The van der Waals surface area contributed by atoms with E-state index in [1.807, 2.05) is 0 Å². The Bertz CT molecular complexity index is 600. The van der Waals surface area contributed by atoms with E-state index >= 15 is 0 Å². The summed E-state index contributed by atoms with van der Waals surface area (Å²) in [6.45, 7) is 4.83. The van der Waals surface area contributed by atoms with Crippen LogP contribution >= 0.6 is 0 Å². The standard InChI is InChI=1S/C18H37O6S.CHF3O3S/c1-7-9-11-25(12-10-8-2)24-18-17(22-6)16(21-5)15(20-4)14(23-18)13-19-3;2-1(3,4)8(5,6)7/h14-18H,7-13H2,1-6H3;(H,5,6,7)/q+1;/p-1/t14-,15-,16+,17+,18-;/m1./s1. The molecule has 33 heavy (non-hydrogen) atoms. The molecule has 0 radical (unpaired) electrons. The Morgan fingerprint density at radius 3 is 1.70 bits per heavy atom. The van der Waals surface area contributed by atoms with Crippen molar-refractivity contribution in [3.05, 3.63) is 0 Å². The number of hydrogen-bond donors (Lipinski definition) is 0. The number of ether oxygens (including phenoxy) is 5. The van der Waals surface area contributed by atoms with Crippen LogP contribution in [-0.4, -0.2) is 95.7 Å². The molecule has 1 aliphatic heterocycles. The van der Waals surface area contributed by atoms with Crippen molar-refractivity contribution in [3.8, 4) is 0 Å². The summed E-state index contributed by atoms with van der Waals surface area (Å²) in [6.07, 6.45) is 3.06. The molecule has 14 heteroatoms. The zero-order valence-corrected chi connectivity index (χ0v) is 21.6. The van der Waals surface area contributed by atoms with Gasteiger partial charge in [0.2, 0.25) is 6.29 Å². The number of alkyl halides is 3. The lowest BCUT2D eigenvalue weighted by Gasteiger charge is -2.43. The van der Waals surface area contributed by atoms with Gasteiger partial charge in [0.05, 0.1) is 6.61 Å². The van der Waals surface area contributed by atoms with Crippen molar-refractivity contribution in [3.63, 3.8) is 0 Å². The molecule has 5 atom stereocenters. The predicted molar refractivity (Wildman–Crippen MR) is 117 cm³/mol. The summed E-state index contributed by atoms with van der Waals surface area (Å²) in [6, 6.07) is 0. The maximum atomic E-state index is 10.7. The van der Waals surface area contributed by atoms with Crippen molar-refractivity contribution in [1.82, 2.24) is 0 Å². The van der Waals surface area contributed by atoms with Gasteiger partial charge in [0.25, 0.3) is 0 Å². The van der Waals surface area contributed by atoms with Crippen LogP contribution in [0.2, 0.25) is 0 Å². The monoisotopic (exact) mass is 530 g/mol. The number of methoxy groups -OCH3 is 4. The molecule has 1 heterocycles. The maximum absolute atomic E-state index is 10.7. The van der Waals surface area contributed by atoms with Crippen molar-refractivity contribution in [2.75, 3.05) is 46.6 Å². The second-order valence-corrected chi connectivity index (χ2v) is 10.4. The SMILES string of the molecule is CCCC[S+](CCCC)O[C@H]1O[C@H](COC)[C@@H](OC)[C@H](OC)[C@@H]1OC.O=S(=O)([O-])C(F)(F)F. The minimum absolute atomic E-state index is 0.135. The molecule has 1 fully saturated rings. The molecule has 0 aromatic heterocycles. The van der Waals surface area contributed by atoms with Gasteiger partial charge in [-0.1, -0.05) is 26.7 Å². The summed E-state index contributed by atoms with van der Waals surface area (Å²) in [5, 5.41) is 0. The minimum atomic E-state index is -6.09. The fourth-order valence-electron chi connectivity index (χ4n) is 3.00. The van der Waals surface area contributed by atoms with Crippen molar-refractivity contribution in [1.29, 1.82) is 0 Å². The van der Waals surface area contributed by atoms with E-state index in [-0.39, 0.29) is 35.6 Å². The Labute approximate surface area is 197 Å². The summed E-state index contributed by atoms with van der Waals surface area (Å²) in [7, 11) is 0.554. The summed E-state index contributed by atoms with van der Waals surface area (Å²) in [4.78, 5) is 0. The van der Waals surface area contributed by atoms with E-state index in [0.717, 1.165) is 37.2 Å². The van der Waals surface area contributed by atoms with Crippen LogP contribution in [0.5, 0.6) is 0 Å². The van der Waals surface area contributed by atoms with E-state index in [1.54, 1.807) is 28.4 Å². The van der Waals surface area contributed by atoms with Crippen LogP contribution in [0.3, 0.4) is 0 Å². The van der Waals surface area contributed by atoms with Crippen LogP contribution < -0.4 is 0 Å². The van der Waals surface area contributed by atoms with E-state index in [9.17, 15) is 13.2 Å². The number of unbranched alkanes of at least 4 members (excludes halogenated alkanes) is 2. The van der Waals surface area contributed by atoms with Gasteiger partial charge >= 0.3 is 5.51 Å². The summed E-state index contributed by atoms with van der Waals surface area (Å²) < 4.78 is 93.8. The Balaban J connectivity index is 0.00000109. The van der Waals surface area contributed by atoms with Gasteiger partial charge in [0.15, 0.2) is 21.3 Å². The van der Waals surface area contributed by atoms with Crippen LogP contribution in [0.4, 0.5) is 13.2 Å². The first-order chi connectivity index (χ1) is 15.4. The van der Waals surface area contributed by atoms with Crippen LogP contribution in [0.15, 0.2) is 0 Å². The third-order valence-electron chi connectivity index (χ3n) is 4.70. The molecule has 0 bridgehead atoms. The number of rotatable bonds is 13. The molecule has 0 aromatic carbocycles. The minimum Gasteiger partial charge on any atom is -0.741 e. The molecule has 0 spiro atoms. The fourth-order valence-corrected chi connectivity index (χ4v) is 5.04. The summed E-state index contributed by atoms with van der Waals surface area (Å²) >= 11 is -0.135. The first kappa shape index (κ1) is 32.8. The first-order valence-electron chi connectivity index (χ1n) is 10.5. The van der Waals surface area contributed by atoms with Crippen molar-refractivity contribution in [2.45, 2.75) is 75.7 Å². The van der Waals surface area contributed by atoms with Gasteiger partial charge in [-0.3, -0.25) is 0 Å². The highest BCUT2D eigenvalue weighted by Gasteiger charge is 2.50. The van der Waals surface area contributed by atoms with Gasteiger partial charge < -0.3 is 28.2 Å². The zero-order valence-electron chi connectivity index (χ0n) is 20.0. The highest BCUT2D eigenvalue weighted by molar-refractivity contribution is 7.92. The Morgan fingerprint density at radius 2 is 1.36 bits per heavy atom. The maximum Gasteiger partial charge on any atom is 0.485 e. The van der Waals surface area contributed by atoms with Gasteiger partial charge in [0.1, 0.15) is 35.9 Å². The molecule has 0 N–H and O–H groups in total. The normalized spacial score (nSPS) is 26.2. The molecular formula is C19H37F3O9S2. The van der Waals surface area contributed by atoms with Gasteiger partial charge in [-0.25, -0.2) is 8.42 Å². The molecule has 0 saturated carbocycles. The molecule has 0 unspecified atom stereocenters. The number of hydrogen-bond acceptors (Lipinski definition) is 9. The van der Waals surface area contributed by atoms with Gasteiger partial charge in [-0.15, -0.1) is 4.18 Å². The third-order valence-corrected chi connectivity index (χ3v) is 7.22. The van der Waals surface area contributed by atoms with Crippen molar-refractivity contribution >= 4 is 21.3 Å². The molecule has 0 aromatic rings. The molecule has 1 saturated heterocycles. The van der Waals surface area contributed by atoms with Gasteiger partial charge in [-0.2, -0.15) is 13.2 Å². The van der Waals surface area contributed by atoms with E-state index < -0.39 is 21.9 Å². The lowest BCUT2D eigenvalue weighted by Crippen LogP contribution is -2.61. The Morgan fingerprint density at radius 1 is 0.909 bits per heavy atom. The lowest BCUT2D eigenvalue weighted by atomic mass is 9.98. The topological polar surface area (TPSA) is 113 Å². The number of halogens is 3. The highest BCUT2D eigenvalue weighted by atomic mass is 32.2. The molecule has 1 aliphatic rings. The van der Waals surface area contributed by atoms with Crippen molar-refractivity contribution < 1.29 is 54.0 Å². The largest absolute Gasteiger partial charge is 0.741 e. The lowest BCUT2D eigenvalue weighted by molar-refractivity contribution is -0.290. The average Bonchev–Trinajstić information content (AvgIpc) is 2.74. The molecule has 0 aliphatic carbocycles.